The van der Waals surface area contributed by atoms with E-state index in [2.05, 4.69) is 22.6 Å². The van der Waals surface area contributed by atoms with Crippen LogP contribution in [0.15, 0.2) is 17.6 Å². The fraction of sp³-hybridized carbons (Fsp3) is 0.455. The molecule has 0 aromatic carbocycles. The summed E-state index contributed by atoms with van der Waals surface area (Å²) < 4.78 is 7.01. The monoisotopic (exact) mass is 252 g/mol. The molecule has 0 radical (unpaired) electrons. The summed E-state index contributed by atoms with van der Waals surface area (Å²) in [5.74, 6) is 0.892. The molecule has 1 atom stereocenters. The fourth-order valence-electron chi connectivity index (χ4n) is 1.71. The topological polar surface area (TPSA) is 52.0 Å². The molecule has 92 valence electrons. The molecule has 0 aliphatic heterocycles. The standard InChI is InChI=1S/C11H16N4OS/c1-4-12-11(9-6-13-14-15(9)2)10-5-8(16-3)7-17-10/h5-7,11-12H,4H2,1-3H3. The van der Waals surface area contributed by atoms with E-state index in [-0.39, 0.29) is 6.04 Å². The van der Waals surface area contributed by atoms with Gasteiger partial charge >= 0.3 is 0 Å². The Kier molecular flexibility index (Phi) is 3.75. The van der Waals surface area contributed by atoms with Crippen LogP contribution in [0.2, 0.25) is 0 Å². The van der Waals surface area contributed by atoms with Crippen molar-refractivity contribution in [1.29, 1.82) is 0 Å². The van der Waals surface area contributed by atoms with Crippen LogP contribution in [-0.2, 0) is 7.05 Å². The number of aromatic nitrogens is 3. The smallest absolute Gasteiger partial charge is 0.129 e. The molecule has 0 saturated carbocycles. The highest BCUT2D eigenvalue weighted by Gasteiger charge is 2.19. The molecule has 0 amide bonds. The number of hydrogen-bond donors (Lipinski definition) is 1. The summed E-state index contributed by atoms with van der Waals surface area (Å²) in [6.07, 6.45) is 1.79. The molecule has 0 spiro atoms. The predicted octanol–water partition coefficient (Wildman–Crippen LogP) is 1.58. The summed E-state index contributed by atoms with van der Waals surface area (Å²) in [4.78, 5) is 1.20. The molecule has 0 aliphatic carbocycles. The van der Waals surface area contributed by atoms with Gasteiger partial charge in [0.15, 0.2) is 0 Å². The molecule has 2 aromatic heterocycles. The number of nitrogens with zero attached hydrogens (tertiary/aromatic N) is 3. The summed E-state index contributed by atoms with van der Waals surface area (Å²) >= 11 is 1.67. The lowest BCUT2D eigenvalue weighted by molar-refractivity contribution is 0.416. The van der Waals surface area contributed by atoms with Gasteiger partial charge in [0.1, 0.15) is 5.75 Å². The van der Waals surface area contributed by atoms with Gasteiger partial charge in [-0.15, -0.1) is 16.4 Å². The van der Waals surface area contributed by atoms with Gasteiger partial charge < -0.3 is 10.1 Å². The van der Waals surface area contributed by atoms with Gasteiger partial charge in [0.25, 0.3) is 0 Å². The highest BCUT2D eigenvalue weighted by Crippen LogP contribution is 2.30. The Labute approximate surface area is 104 Å². The van der Waals surface area contributed by atoms with Gasteiger partial charge in [0, 0.05) is 17.3 Å². The number of methoxy groups -OCH3 is 1. The third-order valence-corrected chi connectivity index (χ3v) is 3.55. The minimum atomic E-state index is 0.119. The summed E-state index contributed by atoms with van der Waals surface area (Å²) in [6.45, 7) is 2.97. The van der Waals surface area contributed by atoms with Gasteiger partial charge in [0.2, 0.25) is 0 Å². The highest BCUT2D eigenvalue weighted by atomic mass is 32.1. The Morgan fingerprint density at radius 2 is 2.41 bits per heavy atom. The fourth-order valence-corrected chi connectivity index (χ4v) is 2.65. The Morgan fingerprint density at radius 1 is 1.59 bits per heavy atom. The van der Waals surface area contributed by atoms with Gasteiger partial charge in [-0.3, -0.25) is 4.68 Å². The Morgan fingerprint density at radius 3 is 2.94 bits per heavy atom. The number of ether oxygens (including phenoxy) is 1. The molecule has 1 N–H and O–H groups in total. The zero-order chi connectivity index (χ0) is 12.3. The summed E-state index contributed by atoms with van der Waals surface area (Å²) in [6, 6.07) is 2.17. The van der Waals surface area contributed by atoms with Crippen LogP contribution in [0.3, 0.4) is 0 Å². The Balaban J connectivity index is 2.32. The first-order valence-corrected chi connectivity index (χ1v) is 6.34. The number of hydrogen-bond acceptors (Lipinski definition) is 5. The average molecular weight is 252 g/mol. The van der Waals surface area contributed by atoms with E-state index in [0.29, 0.717) is 0 Å². The van der Waals surface area contributed by atoms with Crippen LogP contribution >= 0.6 is 11.3 Å². The van der Waals surface area contributed by atoms with Gasteiger partial charge in [-0.2, -0.15) is 0 Å². The van der Waals surface area contributed by atoms with E-state index in [1.54, 1.807) is 29.3 Å². The molecule has 0 fully saturated rings. The maximum atomic E-state index is 5.22. The molecule has 0 bridgehead atoms. The summed E-state index contributed by atoms with van der Waals surface area (Å²) in [7, 11) is 3.58. The highest BCUT2D eigenvalue weighted by molar-refractivity contribution is 7.10. The lowest BCUT2D eigenvalue weighted by Crippen LogP contribution is -2.23. The lowest BCUT2D eigenvalue weighted by atomic mass is 10.2. The molecular formula is C11H16N4OS. The maximum Gasteiger partial charge on any atom is 0.129 e. The van der Waals surface area contributed by atoms with E-state index in [4.69, 9.17) is 4.74 Å². The van der Waals surface area contributed by atoms with Crippen molar-refractivity contribution in [2.24, 2.45) is 7.05 Å². The van der Waals surface area contributed by atoms with Gasteiger partial charge in [-0.1, -0.05) is 12.1 Å². The minimum absolute atomic E-state index is 0.119. The minimum Gasteiger partial charge on any atom is -0.496 e. The molecule has 2 heterocycles. The van der Waals surface area contributed by atoms with Crippen LogP contribution in [0, 0.1) is 0 Å². The normalized spacial score (nSPS) is 12.6. The number of nitrogens with one attached hydrogen (secondary N) is 1. The van der Waals surface area contributed by atoms with Crippen molar-refractivity contribution in [3.05, 3.63) is 28.2 Å². The predicted molar refractivity (Wildman–Crippen MR) is 67.4 cm³/mol. The van der Waals surface area contributed by atoms with Gasteiger partial charge in [0.05, 0.1) is 25.0 Å². The molecule has 0 aliphatic rings. The van der Waals surface area contributed by atoms with E-state index in [1.165, 1.54) is 4.88 Å². The maximum absolute atomic E-state index is 5.22. The first kappa shape index (κ1) is 12.1. The third-order valence-electron chi connectivity index (χ3n) is 2.57. The average Bonchev–Trinajstić information content (AvgIpc) is 2.95. The number of rotatable bonds is 5. The zero-order valence-corrected chi connectivity index (χ0v) is 11.0. The van der Waals surface area contributed by atoms with Crippen molar-refractivity contribution < 1.29 is 4.74 Å². The SMILES string of the molecule is CCNC(c1cc(OC)cs1)c1cnnn1C. The van der Waals surface area contributed by atoms with Gasteiger partial charge in [-0.05, 0) is 12.6 Å². The quantitative estimate of drug-likeness (QED) is 0.878. The van der Waals surface area contributed by atoms with Crippen LogP contribution in [0.25, 0.3) is 0 Å². The second-order valence-corrected chi connectivity index (χ2v) is 4.60. The van der Waals surface area contributed by atoms with Crippen LogP contribution < -0.4 is 10.1 Å². The van der Waals surface area contributed by atoms with E-state index in [1.807, 2.05) is 18.5 Å². The van der Waals surface area contributed by atoms with Crippen molar-refractivity contribution in [3.63, 3.8) is 0 Å². The van der Waals surface area contributed by atoms with Crippen molar-refractivity contribution in [2.45, 2.75) is 13.0 Å². The molecule has 5 nitrogen and oxygen atoms in total. The number of aryl methyl sites for hydroxylation is 1. The second kappa shape index (κ2) is 5.29. The Hall–Kier alpha value is -1.40. The lowest BCUT2D eigenvalue weighted by Gasteiger charge is -2.15. The molecule has 6 heteroatoms. The second-order valence-electron chi connectivity index (χ2n) is 3.66. The van der Waals surface area contributed by atoms with Gasteiger partial charge in [-0.25, -0.2) is 0 Å². The van der Waals surface area contributed by atoms with Crippen molar-refractivity contribution in [2.75, 3.05) is 13.7 Å². The van der Waals surface area contributed by atoms with Crippen LogP contribution in [-0.4, -0.2) is 28.6 Å². The molecule has 2 rings (SSSR count). The van der Waals surface area contributed by atoms with Crippen molar-refractivity contribution in [1.82, 2.24) is 20.3 Å². The molecule has 1 unspecified atom stereocenters. The third kappa shape index (κ3) is 2.48. The van der Waals surface area contributed by atoms with Crippen LogP contribution in [0.1, 0.15) is 23.5 Å². The van der Waals surface area contributed by atoms with Crippen molar-refractivity contribution in [3.8, 4) is 5.75 Å². The zero-order valence-electron chi connectivity index (χ0n) is 10.2. The molecule has 0 saturated heterocycles. The van der Waals surface area contributed by atoms with Crippen molar-refractivity contribution >= 4 is 11.3 Å². The van der Waals surface area contributed by atoms with Crippen LogP contribution in [0.5, 0.6) is 5.75 Å². The molecule has 2 aromatic rings. The van der Waals surface area contributed by atoms with E-state index in [0.717, 1.165) is 18.0 Å². The van der Waals surface area contributed by atoms with E-state index < -0.39 is 0 Å². The first-order valence-electron chi connectivity index (χ1n) is 5.46. The molecular weight excluding hydrogens is 236 g/mol. The van der Waals surface area contributed by atoms with E-state index >= 15 is 0 Å². The summed E-state index contributed by atoms with van der Waals surface area (Å²) in [5.41, 5.74) is 1.05. The first-order chi connectivity index (χ1) is 8.26. The summed E-state index contributed by atoms with van der Waals surface area (Å²) in [5, 5.41) is 13.3. The van der Waals surface area contributed by atoms with Crippen LogP contribution in [0.4, 0.5) is 0 Å². The van der Waals surface area contributed by atoms with E-state index in [9.17, 15) is 0 Å². The largest absolute Gasteiger partial charge is 0.496 e. The number of thiophene rings is 1. The molecule has 17 heavy (non-hydrogen) atoms. The Bertz CT molecular complexity index is 479.